The number of ether oxygens (including phenoxy) is 1. The SMILES string of the molecule is CC(=CC(=O)O)C=C(C)CC(C)CCCCC(OC(=O)C(CO)C(O)CCCCC(C)(O)CC(C)=CC(C)=CC(=O)O)C(CO)C(=O)O. The first-order valence-corrected chi connectivity index (χ1v) is 16.5. The molecule has 0 aliphatic heterocycles. The van der Waals surface area contributed by atoms with Crippen molar-refractivity contribution in [2.24, 2.45) is 17.8 Å². The van der Waals surface area contributed by atoms with Gasteiger partial charge in [0.1, 0.15) is 17.9 Å². The van der Waals surface area contributed by atoms with Gasteiger partial charge in [0.15, 0.2) is 0 Å². The highest BCUT2D eigenvalue weighted by Crippen LogP contribution is 2.26. The van der Waals surface area contributed by atoms with E-state index in [1.165, 1.54) is 0 Å². The maximum Gasteiger partial charge on any atom is 0.328 e. The van der Waals surface area contributed by atoms with Crippen molar-refractivity contribution in [3.63, 3.8) is 0 Å². The Labute approximate surface area is 284 Å². The molecule has 0 heterocycles. The number of carboxylic acid groups (broad SMARTS) is 3. The van der Waals surface area contributed by atoms with Crippen molar-refractivity contribution >= 4 is 23.9 Å². The van der Waals surface area contributed by atoms with Crippen LogP contribution in [0.25, 0.3) is 0 Å². The Morgan fingerprint density at radius 3 is 1.73 bits per heavy atom. The molecule has 0 saturated carbocycles. The van der Waals surface area contributed by atoms with E-state index in [2.05, 4.69) is 6.92 Å². The van der Waals surface area contributed by atoms with Crippen LogP contribution in [-0.2, 0) is 23.9 Å². The number of hydrogen-bond donors (Lipinski definition) is 7. The molecule has 0 rings (SSSR count). The molecule has 274 valence electrons. The van der Waals surface area contributed by atoms with Crippen LogP contribution >= 0.6 is 0 Å². The Morgan fingerprint density at radius 2 is 1.23 bits per heavy atom. The van der Waals surface area contributed by atoms with E-state index in [-0.39, 0.29) is 18.8 Å². The molecule has 12 nitrogen and oxygen atoms in total. The summed E-state index contributed by atoms with van der Waals surface area (Å²) in [6.07, 6.45) is 7.88. The number of aliphatic hydroxyl groups is 4. The summed E-state index contributed by atoms with van der Waals surface area (Å²) >= 11 is 0. The number of carboxylic acids is 3. The molecule has 0 amide bonds. The molecule has 0 aliphatic carbocycles. The van der Waals surface area contributed by atoms with Crippen LogP contribution in [0.2, 0.25) is 0 Å². The molecule has 0 saturated heterocycles. The molecular weight excluding hydrogens is 624 g/mol. The van der Waals surface area contributed by atoms with Gasteiger partial charge in [-0.3, -0.25) is 9.59 Å². The molecule has 6 atom stereocenters. The number of hydrogen-bond acceptors (Lipinski definition) is 9. The fourth-order valence-corrected chi connectivity index (χ4v) is 5.89. The third kappa shape index (κ3) is 20.1. The Bertz CT molecular complexity index is 1160. The number of esters is 1. The molecule has 0 aliphatic rings. The predicted octanol–water partition coefficient (Wildman–Crippen LogP) is 4.80. The van der Waals surface area contributed by atoms with E-state index in [9.17, 15) is 44.7 Å². The number of allylic oxidation sites excluding steroid dienone is 5. The van der Waals surface area contributed by atoms with Gasteiger partial charge in [-0.05, 0) is 90.2 Å². The van der Waals surface area contributed by atoms with Crippen molar-refractivity contribution < 1.29 is 59.7 Å². The van der Waals surface area contributed by atoms with Crippen LogP contribution in [0.5, 0.6) is 0 Å². The minimum absolute atomic E-state index is 0.121. The summed E-state index contributed by atoms with van der Waals surface area (Å²) in [5, 5.41) is 68.5. The van der Waals surface area contributed by atoms with E-state index < -0.39 is 66.7 Å². The molecule has 0 radical (unpaired) electrons. The Morgan fingerprint density at radius 1 is 0.729 bits per heavy atom. The maximum atomic E-state index is 13.0. The van der Waals surface area contributed by atoms with Crippen molar-refractivity contribution in [3.05, 3.63) is 46.6 Å². The molecular formula is C36H58O12. The highest BCUT2D eigenvalue weighted by Gasteiger charge is 2.35. The zero-order chi connectivity index (χ0) is 37.0. The van der Waals surface area contributed by atoms with Gasteiger partial charge in [0.2, 0.25) is 0 Å². The fourth-order valence-electron chi connectivity index (χ4n) is 5.89. The van der Waals surface area contributed by atoms with Crippen LogP contribution < -0.4 is 0 Å². The summed E-state index contributed by atoms with van der Waals surface area (Å²) in [7, 11) is 0. The van der Waals surface area contributed by atoms with E-state index in [0.29, 0.717) is 49.7 Å². The van der Waals surface area contributed by atoms with E-state index in [1.807, 2.05) is 13.0 Å². The molecule has 0 fully saturated rings. The third-order valence-corrected chi connectivity index (χ3v) is 8.08. The van der Waals surface area contributed by atoms with Crippen molar-refractivity contribution in [1.82, 2.24) is 0 Å². The topological polar surface area (TPSA) is 219 Å². The largest absolute Gasteiger partial charge is 0.481 e. The standard InChI is InChI=1S/C36H58O12/c1-23(15-24(2)16-25(3)18-32(40)41)11-7-8-13-31(29(22-38)34(44)45)48-35(46)28(21-37)30(39)12-9-10-14-36(6,47)20-27(5)17-26(4)19-33(42)43/h16-19,23,28-31,37-39,47H,7-15,20-22H2,1-6H3,(H,40,41)(H,42,43)(H,44,45). The van der Waals surface area contributed by atoms with Gasteiger partial charge in [0.25, 0.3) is 0 Å². The molecule has 48 heavy (non-hydrogen) atoms. The predicted molar refractivity (Wildman–Crippen MR) is 181 cm³/mol. The zero-order valence-electron chi connectivity index (χ0n) is 29.4. The number of carbonyl (C=O) groups excluding carboxylic acids is 1. The number of aliphatic hydroxyl groups excluding tert-OH is 3. The normalized spacial score (nSPS) is 17.5. The first-order valence-electron chi connectivity index (χ1n) is 16.5. The number of unbranched alkanes of at least 4 members (excludes halogenated alkanes) is 2. The monoisotopic (exact) mass is 682 g/mol. The number of aliphatic carboxylic acids is 3. The zero-order valence-corrected chi connectivity index (χ0v) is 29.4. The number of carbonyl (C=O) groups is 4. The van der Waals surface area contributed by atoms with Gasteiger partial charge in [-0.2, -0.15) is 0 Å². The van der Waals surface area contributed by atoms with Gasteiger partial charge in [0.05, 0.1) is 24.9 Å². The molecule has 0 spiro atoms. The molecule has 7 N–H and O–H groups in total. The van der Waals surface area contributed by atoms with E-state index in [1.54, 1.807) is 33.8 Å². The van der Waals surface area contributed by atoms with Gasteiger partial charge in [0, 0.05) is 12.2 Å². The summed E-state index contributed by atoms with van der Waals surface area (Å²) in [4.78, 5) is 46.5. The number of rotatable bonds is 25. The summed E-state index contributed by atoms with van der Waals surface area (Å²) in [6, 6.07) is 0. The van der Waals surface area contributed by atoms with E-state index in [0.717, 1.165) is 36.1 Å². The maximum absolute atomic E-state index is 13.0. The van der Waals surface area contributed by atoms with E-state index in [4.69, 9.17) is 14.9 Å². The first-order chi connectivity index (χ1) is 22.3. The lowest BCUT2D eigenvalue weighted by Crippen LogP contribution is -2.40. The van der Waals surface area contributed by atoms with Crippen LogP contribution in [0.15, 0.2) is 46.6 Å². The molecule has 0 aromatic rings. The lowest BCUT2D eigenvalue weighted by molar-refractivity contribution is -0.169. The van der Waals surface area contributed by atoms with Gasteiger partial charge >= 0.3 is 23.9 Å². The Hall–Kier alpha value is -3.32. The molecule has 6 unspecified atom stereocenters. The first kappa shape index (κ1) is 44.7. The van der Waals surface area contributed by atoms with Gasteiger partial charge in [-0.25, -0.2) is 9.59 Å². The van der Waals surface area contributed by atoms with Crippen molar-refractivity contribution in [1.29, 1.82) is 0 Å². The molecule has 12 heteroatoms. The highest BCUT2D eigenvalue weighted by molar-refractivity contribution is 5.81. The van der Waals surface area contributed by atoms with Gasteiger partial charge < -0.3 is 40.5 Å². The summed E-state index contributed by atoms with van der Waals surface area (Å²) in [5.74, 6) is -6.78. The van der Waals surface area contributed by atoms with Crippen LogP contribution in [0.4, 0.5) is 0 Å². The average molecular weight is 683 g/mol. The molecule has 0 aromatic heterocycles. The molecule has 0 bridgehead atoms. The van der Waals surface area contributed by atoms with Crippen molar-refractivity contribution in [2.45, 2.75) is 124 Å². The van der Waals surface area contributed by atoms with Crippen LogP contribution in [0.1, 0.15) is 106 Å². The second-order valence-corrected chi connectivity index (χ2v) is 13.4. The third-order valence-electron chi connectivity index (χ3n) is 8.08. The second-order valence-electron chi connectivity index (χ2n) is 13.4. The van der Waals surface area contributed by atoms with Crippen LogP contribution in [0.3, 0.4) is 0 Å². The summed E-state index contributed by atoms with van der Waals surface area (Å²) < 4.78 is 5.50. The van der Waals surface area contributed by atoms with Gasteiger partial charge in [-0.15, -0.1) is 0 Å². The lowest BCUT2D eigenvalue weighted by Gasteiger charge is -2.27. The summed E-state index contributed by atoms with van der Waals surface area (Å²) in [6.45, 7) is 9.32. The Kier molecular flexibility index (Phi) is 21.5. The minimum atomic E-state index is -1.37. The van der Waals surface area contributed by atoms with Crippen molar-refractivity contribution in [3.8, 4) is 0 Å². The highest BCUT2D eigenvalue weighted by atomic mass is 16.5. The fraction of sp³-hybridized carbons (Fsp3) is 0.667. The lowest BCUT2D eigenvalue weighted by atomic mass is 9.89. The summed E-state index contributed by atoms with van der Waals surface area (Å²) in [5.41, 5.74) is 1.93. The van der Waals surface area contributed by atoms with Crippen molar-refractivity contribution in [2.75, 3.05) is 13.2 Å². The second kappa shape index (κ2) is 23.1. The quantitative estimate of drug-likeness (QED) is 0.0299. The molecule has 0 aromatic carbocycles. The minimum Gasteiger partial charge on any atom is -0.481 e. The van der Waals surface area contributed by atoms with Crippen LogP contribution in [0, 0.1) is 17.8 Å². The van der Waals surface area contributed by atoms with Crippen LogP contribution in [-0.4, -0.2) is 90.6 Å². The Balaban J connectivity index is 5.11. The van der Waals surface area contributed by atoms with E-state index >= 15 is 0 Å². The smallest absolute Gasteiger partial charge is 0.328 e. The average Bonchev–Trinajstić information content (AvgIpc) is 2.92. The van der Waals surface area contributed by atoms with Gasteiger partial charge in [-0.1, -0.05) is 55.9 Å².